The zero-order chi connectivity index (χ0) is 20.5. The van der Waals surface area contributed by atoms with Gasteiger partial charge >= 0.3 is 0 Å². The molecule has 150 valence electrons. The molecule has 0 spiro atoms. The molecular weight excluding hydrogens is 481 g/mol. The number of amides is 1. The molecular formula is C17H14BrF3N2O3S2. The summed E-state index contributed by atoms with van der Waals surface area (Å²) < 4.78 is 67.3. The summed E-state index contributed by atoms with van der Waals surface area (Å²) >= 11 is 4.79. The fourth-order valence-electron chi connectivity index (χ4n) is 2.67. The first-order chi connectivity index (χ1) is 13.2. The third-order valence-corrected chi connectivity index (χ3v) is 7.66. The lowest BCUT2D eigenvalue weighted by molar-refractivity contribution is -0.127. The van der Waals surface area contributed by atoms with Crippen LogP contribution in [0, 0.1) is 17.5 Å². The van der Waals surface area contributed by atoms with Gasteiger partial charge < -0.3 is 4.90 Å². The average molecular weight is 495 g/mol. The summed E-state index contributed by atoms with van der Waals surface area (Å²) in [6, 6.07) is 4.97. The average Bonchev–Trinajstić information content (AvgIpc) is 3.09. The molecule has 1 amide bonds. The third kappa shape index (κ3) is 4.32. The Morgan fingerprint density at radius 3 is 2.32 bits per heavy atom. The van der Waals surface area contributed by atoms with E-state index in [9.17, 15) is 26.4 Å². The molecule has 2 aromatic rings. The minimum Gasteiger partial charge on any atom is -0.337 e. The van der Waals surface area contributed by atoms with Crippen molar-refractivity contribution >= 4 is 49.3 Å². The Bertz CT molecular complexity index is 1030. The molecule has 0 bridgehead atoms. The molecule has 5 nitrogen and oxygen atoms in total. The maximum Gasteiger partial charge on any atom is 0.246 e. The number of carbonyl (C=O) groups is 1. The van der Waals surface area contributed by atoms with Gasteiger partial charge in [0.2, 0.25) is 15.9 Å². The second kappa shape index (κ2) is 8.36. The van der Waals surface area contributed by atoms with Crippen LogP contribution in [0.15, 0.2) is 39.0 Å². The zero-order valence-corrected chi connectivity index (χ0v) is 17.5. The number of nitrogens with zero attached hydrogens (tertiary/aromatic N) is 2. The van der Waals surface area contributed by atoms with Crippen molar-refractivity contribution in [3.8, 4) is 0 Å². The summed E-state index contributed by atoms with van der Waals surface area (Å²) in [6.07, 6.45) is 3.06. The molecule has 0 saturated carbocycles. The molecule has 0 unspecified atom stereocenters. The minimum absolute atomic E-state index is 0.0785. The summed E-state index contributed by atoms with van der Waals surface area (Å²) in [6.45, 7) is 0.0411. The van der Waals surface area contributed by atoms with Crippen LogP contribution in [0.3, 0.4) is 0 Å². The van der Waals surface area contributed by atoms with Crippen LogP contribution >= 0.6 is 27.3 Å². The Labute approximate surface area is 172 Å². The number of halogens is 4. The van der Waals surface area contributed by atoms with Crippen molar-refractivity contribution in [2.75, 3.05) is 26.2 Å². The van der Waals surface area contributed by atoms with E-state index >= 15 is 0 Å². The van der Waals surface area contributed by atoms with E-state index in [0.29, 0.717) is 12.1 Å². The van der Waals surface area contributed by atoms with Crippen LogP contribution < -0.4 is 0 Å². The van der Waals surface area contributed by atoms with Crippen molar-refractivity contribution in [3.05, 3.63) is 56.5 Å². The highest BCUT2D eigenvalue weighted by atomic mass is 79.9. The first-order valence-electron chi connectivity index (χ1n) is 8.06. The summed E-state index contributed by atoms with van der Waals surface area (Å²) in [5.41, 5.74) is 0. The molecule has 2 heterocycles. The summed E-state index contributed by atoms with van der Waals surface area (Å²) in [5, 5.41) is 0. The Morgan fingerprint density at radius 1 is 1.04 bits per heavy atom. The highest BCUT2D eigenvalue weighted by Gasteiger charge is 2.33. The standard InChI is InChI=1S/C17H14BrF3N2O3S2/c18-14-5-1-11(27-14)2-6-15(24)22-7-9-23(10-8-22)28(25,26)13-4-3-12(19)16(20)17(13)21/h1-6H,7-10H2/b6-2+. The van der Waals surface area contributed by atoms with Crippen molar-refractivity contribution < 1.29 is 26.4 Å². The van der Waals surface area contributed by atoms with E-state index in [1.165, 1.54) is 22.3 Å². The molecule has 1 fully saturated rings. The molecule has 1 aromatic heterocycles. The van der Waals surface area contributed by atoms with Gasteiger partial charge in [-0.1, -0.05) is 0 Å². The van der Waals surface area contributed by atoms with E-state index < -0.39 is 32.4 Å². The van der Waals surface area contributed by atoms with Gasteiger partial charge in [-0.3, -0.25) is 4.79 Å². The molecule has 28 heavy (non-hydrogen) atoms. The van der Waals surface area contributed by atoms with Gasteiger partial charge in [-0.05, 0) is 46.3 Å². The van der Waals surface area contributed by atoms with Crippen LogP contribution in [0.25, 0.3) is 6.08 Å². The lowest BCUT2D eigenvalue weighted by Crippen LogP contribution is -2.50. The van der Waals surface area contributed by atoms with E-state index in [-0.39, 0.29) is 32.1 Å². The number of hydrogen-bond donors (Lipinski definition) is 0. The second-order valence-electron chi connectivity index (χ2n) is 5.88. The predicted molar refractivity (Wildman–Crippen MR) is 103 cm³/mol. The predicted octanol–water partition coefficient (Wildman–Crippen LogP) is 3.47. The zero-order valence-electron chi connectivity index (χ0n) is 14.2. The second-order valence-corrected chi connectivity index (χ2v) is 10.3. The lowest BCUT2D eigenvalue weighted by atomic mass is 10.3. The van der Waals surface area contributed by atoms with Gasteiger partial charge in [0.25, 0.3) is 0 Å². The number of piperazine rings is 1. The van der Waals surface area contributed by atoms with Crippen molar-refractivity contribution in [1.82, 2.24) is 9.21 Å². The fraction of sp³-hybridized carbons (Fsp3) is 0.235. The number of benzene rings is 1. The van der Waals surface area contributed by atoms with Crippen molar-refractivity contribution in [3.63, 3.8) is 0 Å². The largest absolute Gasteiger partial charge is 0.337 e. The number of sulfonamides is 1. The quantitative estimate of drug-likeness (QED) is 0.482. The van der Waals surface area contributed by atoms with Crippen LogP contribution in [0.5, 0.6) is 0 Å². The van der Waals surface area contributed by atoms with Gasteiger partial charge in [0.05, 0.1) is 3.79 Å². The van der Waals surface area contributed by atoms with Crippen LogP contribution in [-0.2, 0) is 14.8 Å². The van der Waals surface area contributed by atoms with E-state index in [0.717, 1.165) is 13.0 Å². The monoisotopic (exact) mass is 494 g/mol. The van der Waals surface area contributed by atoms with E-state index in [2.05, 4.69) is 15.9 Å². The van der Waals surface area contributed by atoms with Gasteiger partial charge in [0, 0.05) is 37.1 Å². The van der Waals surface area contributed by atoms with E-state index in [1.807, 2.05) is 12.1 Å². The Balaban J connectivity index is 1.67. The Hall–Kier alpha value is -1.69. The van der Waals surface area contributed by atoms with Crippen LogP contribution in [0.4, 0.5) is 13.2 Å². The highest BCUT2D eigenvalue weighted by molar-refractivity contribution is 9.11. The molecule has 0 aliphatic carbocycles. The fourth-order valence-corrected chi connectivity index (χ4v) is 5.48. The summed E-state index contributed by atoms with van der Waals surface area (Å²) in [5.74, 6) is -5.32. The minimum atomic E-state index is -4.34. The maximum absolute atomic E-state index is 13.9. The van der Waals surface area contributed by atoms with Crippen LogP contribution in [-0.4, -0.2) is 49.7 Å². The molecule has 1 saturated heterocycles. The van der Waals surface area contributed by atoms with Gasteiger partial charge in [0.1, 0.15) is 4.90 Å². The molecule has 1 aromatic carbocycles. The molecule has 0 N–H and O–H groups in total. The number of carbonyl (C=O) groups excluding carboxylic acids is 1. The highest BCUT2D eigenvalue weighted by Crippen LogP contribution is 2.25. The maximum atomic E-state index is 13.9. The van der Waals surface area contributed by atoms with Crippen molar-refractivity contribution in [2.45, 2.75) is 4.90 Å². The lowest BCUT2D eigenvalue weighted by Gasteiger charge is -2.33. The topological polar surface area (TPSA) is 57.7 Å². The molecule has 11 heteroatoms. The molecule has 1 aliphatic rings. The SMILES string of the molecule is O=C(/C=C/c1ccc(Br)s1)N1CCN(S(=O)(=O)c2ccc(F)c(F)c2F)CC1. The molecule has 0 atom stereocenters. The summed E-state index contributed by atoms with van der Waals surface area (Å²) in [7, 11) is -4.34. The van der Waals surface area contributed by atoms with Gasteiger partial charge in [0.15, 0.2) is 17.5 Å². The van der Waals surface area contributed by atoms with Gasteiger partial charge in [-0.15, -0.1) is 11.3 Å². The first-order valence-corrected chi connectivity index (χ1v) is 11.1. The number of rotatable bonds is 4. The molecule has 0 radical (unpaired) electrons. The van der Waals surface area contributed by atoms with Crippen LogP contribution in [0.2, 0.25) is 0 Å². The third-order valence-electron chi connectivity index (χ3n) is 4.15. The normalized spacial score (nSPS) is 16.1. The summed E-state index contributed by atoms with van der Waals surface area (Å²) in [4.78, 5) is 13.7. The van der Waals surface area contributed by atoms with Crippen molar-refractivity contribution in [1.29, 1.82) is 0 Å². The van der Waals surface area contributed by atoms with Gasteiger partial charge in [-0.2, -0.15) is 4.31 Å². The smallest absolute Gasteiger partial charge is 0.246 e. The van der Waals surface area contributed by atoms with E-state index in [1.54, 1.807) is 6.08 Å². The first kappa shape index (κ1) is 21.0. The van der Waals surface area contributed by atoms with Gasteiger partial charge in [-0.25, -0.2) is 21.6 Å². The number of thiophene rings is 1. The Kier molecular flexibility index (Phi) is 6.28. The van der Waals surface area contributed by atoms with Crippen molar-refractivity contribution in [2.24, 2.45) is 0 Å². The molecule has 1 aliphatic heterocycles. The Morgan fingerprint density at radius 2 is 1.71 bits per heavy atom. The van der Waals surface area contributed by atoms with E-state index in [4.69, 9.17) is 0 Å². The number of hydrogen-bond acceptors (Lipinski definition) is 4. The molecule has 3 rings (SSSR count). The van der Waals surface area contributed by atoms with Crippen LogP contribution in [0.1, 0.15) is 4.88 Å².